The fraction of sp³-hybridized carbons (Fsp3) is 0.214. The molecule has 6 heteroatoms. The Bertz CT molecular complexity index is 1020. The molecule has 178 valence electrons. The van der Waals surface area contributed by atoms with Crippen LogP contribution in [-0.4, -0.2) is 42.7 Å². The molecule has 0 atom stereocenters. The molecule has 0 aliphatic rings. The highest BCUT2D eigenvalue weighted by atomic mass is 16.5. The first-order valence-corrected chi connectivity index (χ1v) is 10.6. The molecule has 0 amide bonds. The molecule has 0 aliphatic carbocycles. The quantitative estimate of drug-likeness (QED) is 0.341. The van der Waals surface area contributed by atoms with Crippen molar-refractivity contribution in [2.24, 2.45) is 0 Å². The summed E-state index contributed by atoms with van der Waals surface area (Å²) in [5.74, 6) is 4.05. The zero-order valence-corrected chi connectivity index (χ0v) is 20.4. The molecule has 3 aromatic carbocycles. The van der Waals surface area contributed by atoms with Gasteiger partial charge in [0.05, 0.1) is 53.8 Å². The van der Waals surface area contributed by atoms with Gasteiger partial charge in [0.25, 0.3) is 0 Å². The van der Waals surface area contributed by atoms with Crippen LogP contribution >= 0.6 is 0 Å². The summed E-state index contributed by atoms with van der Waals surface area (Å²) in [5.41, 5.74) is 3.76. The molecule has 34 heavy (non-hydrogen) atoms. The number of hydrogen-bond acceptors (Lipinski definition) is 6. The van der Waals surface area contributed by atoms with Gasteiger partial charge in [0.1, 0.15) is 34.5 Å². The number of rotatable bonds is 10. The lowest BCUT2D eigenvalue weighted by atomic mass is 10.1. The third-order valence-electron chi connectivity index (χ3n) is 5.33. The molecule has 0 aromatic heterocycles. The molecule has 6 nitrogen and oxygen atoms in total. The number of benzene rings is 3. The van der Waals surface area contributed by atoms with E-state index in [0.717, 1.165) is 22.3 Å². The Morgan fingerprint density at radius 3 is 0.941 bits per heavy atom. The van der Waals surface area contributed by atoms with Gasteiger partial charge in [0, 0.05) is 24.3 Å². The van der Waals surface area contributed by atoms with E-state index in [1.165, 1.54) is 0 Å². The van der Waals surface area contributed by atoms with E-state index in [-0.39, 0.29) is 0 Å². The SMILES string of the molecule is COc1cc(OC)c(/C=C/c2ccc(/C=C/c3c(OC)cc(OC)cc3OC)cc2)c(OC)c1. The molecule has 0 bridgehead atoms. The average molecular weight is 463 g/mol. The van der Waals surface area contributed by atoms with Crippen molar-refractivity contribution >= 4 is 24.3 Å². The van der Waals surface area contributed by atoms with Crippen molar-refractivity contribution in [3.63, 3.8) is 0 Å². The fourth-order valence-corrected chi connectivity index (χ4v) is 3.47. The summed E-state index contributed by atoms with van der Waals surface area (Å²) in [5, 5.41) is 0. The molecule has 3 aromatic rings. The second-order valence-electron chi connectivity index (χ2n) is 7.22. The van der Waals surface area contributed by atoms with Crippen molar-refractivity contribution in [1.29, 1.82) is 0 Å². The van der Waals surface area contributed by atoms with Crippen molar-refractivity contribution in [1.82, 2.24) is 0 Å². The second kappa shape index (κ2) is 11.7. The van der Waals surface area contributed by atoms with Gasteiger partial charge in [0.2, 0.25) is 0 Å². The Labute approximate surface area is 200 Å². The van der Waals surface area contributed by atoms with Crippen molar-refractivity contribution in [2.45, 2.75) is 0 Å². The molecule has 0 saturated heterocycles. The monoisotopic (exact) mass is 462 g/mol. The third kappa shape index (κ3) is 5.64. The summed E-state index contributed by atoms with van der Waals surface area (Å²) in [6.07, 6.45) is 7.95. The first-order chi connectivity index (χ1) is 16.6. The summed E-state index contributed by atoms with van der Waals surface area (Å²) in [7, 11) is 9.72. The van der Waals surface area contributed by atoms with E-state index < -0.39 is 0 Å². The van der Waals surface area contributed by atoms with Gasteiger partial charge in [-0.2, -0.15) is 0 Å². The fourth-order valence-electron chi connectivity index (χ4n) is 3.47. The largest absolute Gasteiger partial charge is 0.496 e. The van der Waals surface area contributed by atoms with E-state index in [1.807, 2.05) is 72.8 Å². The third-order valence-corrected chi connectivity index (χ3v) is 5.33. The van der Waals surface area contributed by atoms with Crippen LogP contribution in [0, 0.1) is 0 Å². The van der Waals surface area contributed by atoms with Crippen LogP contribution in [0.5, 0.6) is 34.5 Å². The minimum Gasteiger partial charge on any atom is -0.496 e. The minimum absolute atomic E-state index is 0.673. The Kier molecular flexibility index (Phi) is 8.46. The summed E-state index contributed by atoms with van der Waals surface area (Å²) < 4.78 is 32.7. The van der Waals surface area contributed by atoms with Crippen LogP contribution in [0.25, 0.3) is 24.3 Å². The topological polar surface area (TPSA) is 55.4 Å². The van der Waals surface area contributed by atoms with E-state index in [4.69, 9.17) is 28.4 Å². The van der Waals surface area contributed by atoms with Gasteiger partial charge >= 0.3 is 0 Å². The molecular formula is C28H30O6. The molecule has 0 heterocycles. The number of hydrogen-bond donors (Lipinski definition) is 0. The lowest BCUT2D eigenvalue weighted by molar-refractivity contribution is 0.374. The van der Waals surface area contributed by atoms with Crippen LogP contribution in [0.1, 0.15) is 22.3 Å². The van der Waals surface area contributed by atoms with E-state index in [0.29, 0.717) is 34.5 Å². The van der Waals surface area contributed by atoms with Gasteiger partial charge in [-0.1, -0.05) is 36.4 Å². The highest BCUT2D eigenvalue weighted by Crippen LogP contribution is 2.36. The van der Waals surface area contributed by atoms with Crippen molar-refractivity contribution < 1.29 is 28.4 Å². The maximum atomic E-state index is 5.52. The number of ether oxygens (including phenoxy) is 6. The molecule has 3 rings (SSSR count). The Hall–Kier alpha value is -4.06. The molecule has 0 N–H and O–H groups in total. The van der Waals surface area contributed by atoms with Gasteiger partial charge < -0.3 is 28.4 Å². The first kappa shape index (κ1) is 24.6. The normalized spacial score (nSPS) is 11.0. The van der Waals surface area contributed by atoms with Crippen molar-refractivity contribution in [2.75, 3.05) is 42.7 Å². The smallest absolute Gasteiger partial charge is 0.133 e. The van der Waals surface area contributed by atoms with Crippen LogP contribution < -0.4 is 28.4 Å². The summed E-state index contributed by atoms with van der Waals surface area (Å²) in [6.45, 7) is 0. The standard InChI is InChI=1S/C28H30O6/c1-29-21-15-25(31-3)23(26(16-21)32-4)13-11-19-7-9-20(10-8-19)12-14-24-27(33-5)17-22(30-2)18-28(24)34-6/h7-18H,1-6H3/b13-11+,14-12+. The Balaban J connectivity index is 1.83. The molecule has 0 fully saturated rings. The lowest BCUT2D eigenvalue weighted by Crippen LogP contribution is -1.94. The van der Waals surface area contributed by atoms with Gasteiger partial charge in [0.15, 0.2) is 0 Å². The summed E-state index contributed by atoms with van der Waals surface area (Å²) in [6, 6.07) is 15.5. The molecule has 0 saturated carbocycles. The van der Waals surface area contributed by atoms with Crippen LogP contribution in [0.2, 0.25) is 0 Å². The van der Waals surface area contributed by atoms with Gasteiger partial charge in [-0.05, 0) is 23.3 Å². The molecule has 0 aliphatic heterocycles. The predicted octanol–water partition coefficient (Wildman–Crippen LogP) is 6.08. The first-order valence-electron chi connectivity index (χ1n) is 10.6. The zero-order chi connectivity index (χ0) is 24.5. The molecular weight excluding hydrogens is 432 g/mol. The van der Waals surface area contributed by atoms with Crippen LogP contribution in [-0.2, 0) is 0 Å². The van der Waals surface area contributed by atoms with Gasteiger partial charge in [-0.15, -0.1) is 0 Å². The summed E-state index contributed by atoms with van der Waals surface area (Å²) >= 11 is 0. The van der Waals surface area contributed by atoms with E-state index >= 15 is 0 Å². The Morgan fingerprint density at radius 2 is 0.706 bits per heavy atom. The van der Waals surface area contributed by atoms with Crippen LogP contribution in [0.4, 0.5) is 0 Å². The molecule has 0 unspecified atom stereocenters. The van der Waals surface area contributed by atoms with Crippen molar-refractivity contribution in [3.8, 4) is 34.5 Å². The molecule has 0 spiro atoms. The van der Waals surface area contributed by atoms with Gasteiger partial charge in [-0.25, -0.2) is 0 Å². The highest BCUT2D eigenvalue weighted by Gasteiger charge is 2.12. The number of methoxy groups -OCH3 is 6. The van der Waals surface area contributed by atoms with Crippen LogP contribution in [0.3, 0.4) is 0 Å². The highest BCUT2D eigenvalue weighted by molar-refractivity contribution is 5.79. The average Bonchev–Trinajstić information content (AvgIpc) is 2.90. The van der Waals surface area contributed by atoms with E-state index in [9.17, 15) is 0 Å². The second-order valence-corrected chi connectivity index (χ2v) is 7.22. The lowest BCUT2D eigenvalue weighted by Gasteiger charge is -2.12. The maximum absolute atomic E-state index is 5.52. The maximum Gasteiger partial charge on any atom is 0.133 e. The van der Waals surface area contributed by atoms with Crippen LogP contribution in [0.15, 0.2) is 48.5 Å². The predicted molar refractivity (Wildman–Crippen MR) is 136 cm³/mol. The Morgan fingerprint density at radius 1 is 0.412 bits per heavy atom. The van der Waals surface area contributed by atoms with E-state index in [2.05, 4.69) is 0 Å². The van der Waals surface area contributed by atoms with E-state index in [1.54, 1.807) is 42.7 Å². The molecule has 0 radical (unpaired) electrons. The van der Waals surface area contributed by atoms with Gasteiger partial charge in [-0.3, -0.25) is 0 Å². The minimum atomic E-state index is 0.673. The van der Waals surface area contributed by atoms with Crippen molar-refractivity contribution in [3.05, 3.63) is 70.8 Å². The zero-order valence-electron chi connectivity index (χ0n) is 20.4. The summed E-state index contributed by atoms with van der Waals surface area (Å²) in [4.78, 5) is 0.